The minimum atomic E-state index is -0.196. The van der Waals surface area contributed by atoms with Crippen molar-refractivity contribution in [2.45, 2.75) is 32.1 Å². The van der Waals surface area contributed by atoms with E-state index in [0.29, 0.717) is 5.92 Å². The van der Waals surface area contributed by atoms with Gasteiger partial charge in [-0.3, -0.25) is 0 Å². The Morgan fingerprint density at radius 1 is 1.00 bits per heavy atom. The van der Waals surface area contributed by atoms with Gasteiger partial charge in [0.05, 0.1) is 0 Å². The van der Waals surface area contributed by atoms with E-state index in [9.17, 15) is 4.39 Å². The van der Waals surface area contributed by atoms with Crippen molar-refractivity contribution in [2.24, 2.45) is 5.92 Å². The van der Waals surface area contributed by atoms with Crippen LogP contribution in [0, 0.1) is 23.6 Å². The first kappa shape index (κ1) is 10.2. The molecule has 1 saturated carbocycles. The van der Waals surface area contributed by atoms with E-state index in [1.165, 1.54) is 44.2 Å². The standard InChI is InChI=1S/C14H15F/c15-14-10-8-13(9-11-14)7-6-12-4-2-1-3-5-12/h8-12H,1-5H2. The molecule has 78 valence electrons. The van der Waals surface area contributed by atoms with Crippen LogP contribution in [-0.4, -0.2) is 0 Å². The molecule has 0 N–H and O–H groups in total. The van der Waals surface area contributed by atoms with Crippen LogP contribution in [0.15, 0.2) is 24.3 Å². The van der Waals surface area contributed by atoms with Gasteiger partial charge in [-0.15, -0.1) is 0 Å². The van der Waals surface area contributed by atoms with Crippen molar-refractivity contribution in [1.29, 1.82) is 0 Å². The van der Waals surface area contributed by atoms with Crippen LogP contribution in [0.5, 0.6) is 0 Å². The minimum absolute atomic E-state index is 0.196. The lowest BCUT2D eigenvalue weighted by Crippen LogP contribution is -2.02. The van der Waals surface area contributed by atoms with Crippen molar-refractivity contribution in [1.82, 2.24) is 0 Å². The molecule has 0 unspecified atom stereocenters. The molecule has 1 aliphatic rings. The fourth-order valence-electron chi connectivity index (χ4n) is 1.97. The molecule has 2 rings (SSSR count). The Kier molecular flexibility index (Phi) is 3.40. The predicted molar refractivity (Wildman–Crippen MR) is 59.9 cm³/mol. The van der Waals surface area contributed by atoms with Gasteiger partial charge in [0.2, 0.25) is 0 Å². The van der Waals surface area contributed by atoms with E-state index in [0.717, 1.165) is 5.56 Å². The molecule has 1 aliphatic carbocycles. The Bertz CT molecular complexity index is 361. The number of halogens is 1. The lowest BCUT2D eigenvalue weighted by atomic mass is 9.90. The summed E-state index contributed by atoms with van der Waals surface area (Å²) in [5, 5.41) is 0. The highest BCUT2D eigenvalue weighted by Gasteiger charge is 2.09. The second kappa shape index (κ2) is 4.98. The zero-order valence-corrected chi connectivity index (χ0v) is 8.80. The van der Waals surface area contributed by atoms with E-state index >= 15 is 0 Å². The third-order valence-corrected chi connectivity index (χ3v) is 2.87. The first-order chi connectivity index (χ1) is 7.34. The molecule has 0 saturated heterocycles. The van der Waals surface area contributed by atoms with Gasteiger partial charge in [-0.25, -0.2) is 4.39 Å². The normalized spacial score (nSPS) is 16.9. The smallest absolute Gasteiger partial charge is 0.123 e. The highest BCUT2D eigenvalue weighted by Crippen LogP contribution is 2.22. The molecule has 0 aliphatic heterocycles. The average molecular weight is 202 g/mol. The number of hydrogen-bond acceptors (Lipinski definition) is 0. The zero-order valence-electron chi connectivity index (χ0n) is 8.80. The molecule has 0 aromatic heterocycles. The van der Waals surface area contributed by atoms with Crippen LogP contribution in [0.3, 0.4) is 0 Å². The molecule has 15 heavy (non-hydrogen) atoms. The van der Waals surface area contributed by atoms with Crippen molar-refractivity contribution in [2.75, 3.05) is 0 Å². The van der Waals surface area contributed by atoms with Crippen molar-refractivity contribution in [3.63, 3.8) is 0 Å². The van der Waals surface area contributed by atoms with Crippen LogP contribution in [0.2, 0.25) is 0 Å². The van der Waals surface area contributed by atoms with Crippen molar-refractivity contribution < 1.29 is 4.39 Å². The Labute approximate surface area is 90.5 Å². The van der Waals surface area contributed by atoms with Crippen LogP contribution in [-0.2, 0) is 0 Å². The van der Waals surface area contributed by atoms with Gasteiger partial charge in [-0.05, 0) is 37.1 Å². The van der Waals surface area contributed by atoms with E-state index in [2.05, 4.69) is 11.8 Å². The van der Waals surface area contributed by atoms with Crippen LogP contribution < -0.4 is 0 Å². The molecule has 1 heteroatoms. The SMILES string of the molecule is Fc1ccc(C#CC2CCCCC2)cc1. The minimum Gasteiger partial charge on any atom is -0.207 e. The summed E-state index contributed by atoms with van der Waals surface area (Å²) in [4.78, 5) is 0. The molecule has 0 atom stereocenters. The topological polar surface area (TPSA) is 0 Å². The van der Waals surface area contributed by atoms with Gasteiger partial charge in [0, 0.05) is 11.5 Å². The van der Waals surface area contributed by atoms with Crippen LogP contribution in [0.4, 0.5) is 4.39 Å². The molecule has 1 aromatic rings. The van der Waals surface area contributed by atoms with Gasteiger partial charge < -0.3 is 0 Å². The van der Waals surface area contributed by atoms with Crippen LogP contribution in [0.1, 0.15) is 37.7 Å². The number of rotatable bonds is 0. The maximum absolute atomic E-state index is 12.6. The summed E-state index contributed by atoms with van der Waals surface area (Å²) in [6.45, 7) is 0. The highest BCUT2D eigenvalue weighted by molar-refractivity contribution is 5.34. The molecular weight excluding hydrogens is 187 g/mol. The van der Waals surface area contributed by atoms with Gasteiger partial charge in [-0.2, -0.15) is 0 Å². The Morgan fingerprint density at radius 2 is 1.67 bits per heavy atom. The summed E-state index contributed by atoms with van der Waals surface area (Å²) in [6.07, 6.45) is 6.43. The quantitative estimate of drug-likeness (QED) is 0.562. The van der Waals surface area contributed by atoms with Gasteiger partial charge >= 0.3 is 0 Å². The van der Waals surface area contributed by atoms with Gasteiger partial charge in [0.1, 0.15) is 5.82 Å². The fourth-order valence-corrected chi connectivity index (χ4v) is 1.97. The lowest BCUT2D eigenvalue weighted by Gasteiger charge is -2.15. The summed E-state index contributed by atoms with van der Waals surface area (Å²) < 4.78 is 12.6. The Hall–Kier alpha value is -1.29. The molecule has 0 nitrogen and oxygen atoms in total. The predicted octanol–water partition coefficient (Wildman–Crippen LogP) is 3.76. The maximum Gasteiger partial charge on any atom is 0.123 e. The lowest BCUT2D eigenvalue weighted by molar-refractivity contribution is 0.430. The Balaban J connectivity index is 2.00. The third kappa shape index (κ3) is 3.09. The van der Waals surface area contributed by atoms with Crippen molar-refractivity contribution in [3.05, 3.63) is 35.6 Å². The van der Waals surface area contributed by atoms with E-state index < -0.39 is 0 Å². The van der Waals surface area contributed by atoms with Crippen molar-refractivity contribution >= 4 is 0 Å². The average Bonchev–Trinajstić information content (AvgIpc) is 2.30. The zero-order chi connectivity index (χ0) is 10.5. The molecule has 0 amide bonds. The van der Waals surface area contributed by atoms with Crippen molar-refractivity contribution in [3.8, 4) is 11.8 Å². The molecule has 0 spiro atoms. The first-order valence-electron chi connectivity index (χ1n) is 5.62. The van der Waals surface area contributed by atoms with E-state index in [1.807, 2.05) is 0 Å². The largest absolute Gasteiger partial charge is 0.207 e. The Morgan fingerprint density at radius 3 is 2.33 bits per heavy atom. The molecule has 1 fully saturated rings. The summed E-state index contributed by atoms with van der Waals surface area (Å²) in [7, 11) is 0. The molecule has 0 heterocycles. The molecule has 0 radical (unpaired) electrons. The first-order valence-corrected chi connectivity index (χ1v) is 5.62. The van der Waals surface area contributed by atoms with Gasteiger partial charge in [0.15, 0.2) is 0 Å². The summed E-state index contributed by atoms with van der Waals surface area (Å²) in [6, 6.07) is 6.41. The molecule has 0 bridgehead atoms. The second-order valence-corrected chi connectivity index (χ2v) is 4.11. The van der Waals surface area contributed by atoms with E-state index in [1.54, 1.807) is 12.1 Å². The third-order valence-electron chi connectivity index (χ3n) is 2.87. The second-order valence-electron chi connectivity index (χ2n) is 4.11. The van der Waals surface area contributed by atoms with Crippen LogP contribution >= 0.6 is 0 Å². The summed E-state index contributed by atoms with van der Waals surface area (Å²) in [5.74, 6) is 6.77. The monoisotopic (exact) mass is 202 g/mol. The van der Waals surface area contributed by atoms with Gasteiger partial charge in [-0.1, -0.05) is 31.1 Å². The number of benzene rings is 1. The van der Waals surface area contributed by atoms with Gasteiger partial charge in [0.25, 0.3) is 0 Å². The van der Waals surface area contributed by atoms with E-state index in [-0.39, 0.29) is 5.82 Å². The van der Waals surface area contributed by atoms with Crippen LogP contribution in [0.25, 0.3) is 0 Å². The number of hydrogen-bond donors (Lipinski definition) is 0. The fraction of sp³-hybridized carbons (Fsp3) is 0.429. The van der Waals surface area contributed by atoms with E-state index in [4.69, 9.17) is 0 Å². The maximum atomic E-state index is 12.6. The molecular formula is C14H15F. The summed E-state index contributed by atoms with van der Waals surface area (Å²) >= 11 is 0. The highest BCUT2D eigenvalue weighted by atomic mass is 19.1. The molecule has 1 aromatic carbocycles. The summed E-state index contributed by atoms with van der Waals surface area (Å²) in [5.41, 5.74) is 0.918.